The van der Waals surface area contributed by atoms with Gasteiger partial charge in [0.05, 0.1) is 6.42 Å². The van der Waals surface area contributed by atoms with E-state index >= 15 is 0 Å². The zero-order valence-corrected chi connectivity index (χ0v) is 14.0. The number of amides is 1. The van der Waals surface area contributed by atoms with Crippen LogP contribution < -0.4 is 10.2 Å². The average molecular weight is 359 g/mol. The van der Waals surface area contributed by atoms with Crippen LogP contribution in [0.15, 0.2) is 53.0 Å². The number of hydrogen-bond acceptors (Lipinski definition) is 2. The quantitative estimate of drug-likeness (QED) is 0.886. The van der Waals surface area contributed by atoms with Gasteiger partial charge in [-0.1, -0.05) is 28.1 Å². The number of nitrogens with one attached hydrogen (secondary N) is 1. The molecule has 1 aliphatic rings. The van der Waals surface area contributed by atoms with Gasteiger partial charge in [-0.15, -0.1) is 0 Å². The topological polar surface area (TPSA) is 32.3 Å². The van der Waals surface area contributed by atoms with E-state index in [0.29, 0.717) is 6.42 Å². The summed E-state index contributed by atoms with van der Waals surface area (Å²) >= 11 is 3.42. The fraction of sp³-hybridized carbons (Fsp3) is 0.278. The summed E-state index contributed by atoms with van der Waals surface area (Å²) in [5, 5.41) is 2.95. The maximum atomic E-state index is 12.1. The van der Waals surface area contributed by atoms with Gasteiger partial charge in [0.1, 0.15) is 0 Å². The maximum Gasteiger partial charge on any atom is 0.228 e. The standard InChI is InChI=1S/C18H19BrN2O/c19-15-5-3-4-14(12-15)13-18(22)20-16-6-8-17(9-7-16)21-10-1-2-11-21/h3-9,12H,1-2,10-11,13H2,(H,20,22). The predicted molar refractivity (Wildman–Crippen MR) is 94.4 cm³/mol. The van der Waals surface area contributed by atoms with Crippen molar-refractivity contribution in [2.75, 3.05) is 23.3 Å². The molecule has 0 bridgehead atoms. The Morgan fingerprint density at radius 1 is 1.09 bits per heavy atom. The second-order valence-corrected chi connectivity index (χ2v) is 6.51. The third-order valence-electron chi connectivity index (χ3n) is 3.88. The Hall–Kier alpha value is -1.81. The third kappa shape index (κ3) is 3.89. The highest BCUT2D eigenvalue weighted by molar-refractivity contribution is 9.10. The van der Waals surface area contributed by atoms with Crippen LogP contribution in [0, 0.1) is 0 Å². The first-order chi connectivity index (χ1) is 10.7. The van der Waals surface area contributed by atoms with Crippen molar-refractivity contribution in [3.63, 3.8) is 0 Å². The summed E-state index contributed by atoms with van der Waals surface area (Å²) < 4.78 is 0.993. The molecule has 2 aromatic rings. The first-order valence-corrected chi connectivity index (χ1v) is 8.39. The molecule has 22 heavy (non-hydrogen) atoms. The maximum absolute atomic E-state index is 12.1. The van der Waals surface area contributed by atoms with Crippen molar-refractivity contribution in [2.24, 2.45) is 0 Å². The molecule has 4 heteroatoms. The number of carbonyl (C=O) groups excluding carboxylic acids is 1. The molecule has 0 unspecified atom stereocenters. The Morgan fingerprint density at radius 3 is 2.50 bits per heavy atom. The van der Waals surface area contributed by atoms with Gasteiger partial charge in [0.2, 0.25) is 5.91 Å². The van der Waals surface area contributed by atoms with E-state index < -0.39 is 0 Å². The van der Waals surface area contributed by atoms with E-state index in [1.54, 1.807) is 0 Å². The molecule has 3 rings (SSSR count). The molecular weight excluding hydrogens is 340 g/mol. The number of halogens is 1. The second kappa shape index (κ2) is 6.97. The lowest BCUT2D eigenvalue weighted by molar-refractivity contribution is -0.115. The Balaban J connectivity index is 1.59. The summed E-state index contributed by atoms with van der Waals surface area (Å²) in [5.41, 5.74) is 3.09. The lowest BCUT2D eigenvalue weighted by Gasteiger charge is -2.17. The Kier molecular flexibility index (Phi) is 4.78. The van der Waals surface area contributed by atoms with Gasteiger partial charge in [-0.05, 0) is 54.8 Å². The van der Waals surface area contributed by atoms with Crippen molar-refractivity contribution >= 4 is 33.2 Å². The fourth-order valence-corrected chi connectivity index (χ4v) is 3.22. The molecule has 0 saturated carbocycles. The molecule has 1 amide bonds. The molecule has 2 aromatic carbocycles. The number of carbonyl (C=O) groups is 1. The van der Waals surface area contributed by atoms with Crippen molar-refractivity contribution in [3.05, 3.63) is 58.6 Å². The first kappa shape index (κ1) is 15.1. The molecule has 0 atom stereocenters. The molecule has 0 aliphatic carbocycles. The molecule has 0 aromatic heterocycles. The number of benzene rings is 2. The van der Waals surface area contributed by atoms with E-state index in [4.69, 9.17) is 0 Å². The third-order valence-corrected chi connectivity index (χ3v) is 4.37. The van der Waals surface area contributed by atoms with Crippen LogP contribution in [0.3, 0.4) is 0 Å². The van der Waals surface area contributed by atoms with E-state index in [-0.39, 0.29) is 5.91 Å². The zero-order valence-electron chi connectivity index (χ0n) is 12.4. The van der Waals surface area contributed by atoms with E-state index in [0.717, 1.165) is 28.8 Å². The van der Waals surface area contributed by atoms with Crippen molar-refractivity contribution < 1.29 is 4.79 Å². The van der Waals surface area contributed by atoms with Gasteiger partial charge in [-0.3, -0.25) is 4.79 Å². The van der Waals surface area contributed by atoms with Crippen LogP contribution in [-0.4, -0.2) is 19.0 Å². The molecule has 1 saturated heterocycles. The Morgan fingerprint density at radius 2 is 1.82 bits per heavy atom. The SMILES string of the molecule is O=C(Cc1cccc(Br)c1)Nc1ccc(N2CCCC2)cc1. The molecule has 1 N–H and O–H groups in total. The largest absolute Gasteiger partial charge is 0.372 e. The predicted octanol–water partition coefficient (Wildman–Crippen LogP) is 4.23. The molecule has 0 spiro atoms. The van der Waals surface area contributed by atoms with Crippen LogP contribution in [0.25, 0.3) is 0 Å². The van der Waals surface area contributed by atoms with Crippen LogP contribution in [0.4, 0.5) is 11.4 Å². The minimum atomic E-state index is 0.00650. The average Bonchev–Trinajstić information content (AvgIpc) is 3.02. The van der Waals surface area contributed by atoms with Crippen molar-refractivity contribution in [1.82, 2.24) is 0 Å². The highest BCUT2D eigenvalue weighted by Gasteiger charge is 2.12. The summed E-state index contributed by atoms with van der Waals surface area (Å²) in [7, 11) is 0. The smallest absolute Gasteiger partial charge is 0.228 e. The number of nitrogens with zero attached hydrogens (tertiary/aromatic N) is 1. The van der Waals surface area contributed by atoms with Crippen molar-refractivity contribution in [3.8, 4) is 0 Å². The minimum absolute atomic E-state index is 0.00650. The molecule has 114 valence electrons. The molecule has 0 radical (unpaired) electrons. The number of anilines is 2. The van der Waals surface area contributed by atoms with Crippen LogP contribution in [0.2, 0.25) is 0 Å². The lowest BCUT2D eigenvalue weighted by atomic mass is 10.1. The first-order valence-electron chi connectivity index (χ1n) is 7.60. The van der Waals surface area contributed by atoms with Crippen molar-refractivity contribution in [2.45, 2.75) is 19.3 Å². The molecule has 1 heterocycles. The highest BCUT2D eigenvalue weighted by atomic mass is 79.9. The van der Waals surface area contributed by atoms with Crippen molar-refractivity contribution in [1.29, 1.82) is 0 Å². The van der Waals surface area contributed by atoms with E-state index in [1.807, 2.05) is 36.4 Å². The van der Waals surface area contributed by atoms with Gasteiger partial charge in [0, 0.05) is 28.9 Å². The zero-order chi connectivity index (χ0) is 15.4. The van der Waals surface area contributed by atoms with Crippen LogP contribution in [0.1, 0.15) is 18.4 Å². The van der Waals surface area contributed by atoms with Crippen LogP contribution >= 0.6 is 15.9 Å². The monoisotopic (exact) mass is 358 g/mol. The number of hydrogen-bond donors (Lipinski definition) is 1. The van der Waals surface area contributed by atoms with Crippen LogP contribution in [0.5, 0.6) is 0 Å². The molecule has 3 nitrogen and oxygen atoms in total. The van der Waals surface area contributed by atoms with Gasteiger partial charge >= 0.3 is 0 Å². The highest BCUT2D eigenvalue weighted by Crippen LogP contribution is 2.22. The molecular formula is C18H19BrN2O. The normalized spacial score (nSPS) is 14.1. The Labute approximate surface area is 139 Å². The summed E-state index contributed by atoms with van der Waals surface area (Å²) in [6.45, 7) is 2.27. The van der Waals surface area contributed by atoms with Gasteiger partial charge in [0.15, 0.2) is 0 Å². The van der Waals surface area contributed by atoms with Gasteiger partial charge in [-0.2, -0.15) is 0 Å². The minimum Gasteiger partial charge on any atom is -0.372 e. The Bertz CT molecular complexity index is 648. The second-order valence-electron chi connectivity index (χ2n) is 5.60. The van der Waals surface area contributed by atoms with Gasteiger partial charge < -0.3 is 10.2 Å². The van der Waals surface area contributed by atoms with E-state index in [1.165, 1.54) is 18.5 Å². The summed E-state index contributed by atoms with van der Waals surface area (Å²) in [4.78, 5) is 14.5. The van der Waals surface area contributed by atoms with Crippen LogP contribution in [-0.2, 0) is 11.2 Å². The summed E-state index contributed by atoms with van der Waals surface area (Å²) in [5.74, 6) is 0.00650. The summed E-state index contributed by atoms with van der Waals surface area (Å²) in [6.07, 6.45) is 2.92. The fourth-order valence-electron chi connectivity index (χ4n) is 2.77. The summed E-state index contributed by atoms with van der Waals surface area (Å²) in [6, 6.07) is 16.0. The van der Waals surface area contributed by atoms with E-state index in [9.17, 15) is 4.79 Å². The lowest BCUT2D eigenvalue weighted by Crippen LogP contribution is -2.18. The van der Waals surface area contributed by atoms with E-state index in [2.05, 4.69) is 38.3 Å². The van der Waals surface area contributed by atoms with Gasteiger partial charge in [-0.25, -0.2) is 0 Å². The molecule has 1 fully saturated rings. The van der Waals surface area contributed by atoms with Gasteiger partial charge in [0.25, 0.3) is 0 Å². The number of rotatable bonds is 4. The molecule has 1 aliphatic heterocycles.